The van der Waals surface area contributed by atoms with Gasteiger partial charge in [0.15, 0.2) is 0 Å². The van der Waals surface area contributed by atoms with Crippen molar-refractivity contribution in [1.82, 2.24) is 14.5 Å². The fraction of sp³-hybridized carbons (Fsp3) is 0.292. The molecule has 0 saturated carbocycles. The highest BCUT2D eigenvalue weighted by Gasteiger charge is 2.17. The number of H-pyrrole nitrogens is 1. The Bertz CT molecular complexity index is 1320. The van der Waals surface area contributed by atoms with Gasteiger partial charge in [0.1, 0.15) is 5.69 Å². The lowest BCUT2D eigenvalue weighted by atomic mass is 10.1. The van der Waals surface area contributed by atoms with Gasteiger partial charge in [0.2, 0.25) is 0 Å². The summed E-state index contributed by atoms with van der Waals surface area (Å²) in [5.74, 6) is -0.833. The largest absolute Gasteiger partial charge is 0.481 e. The van der Waals surface area contributed by atoms with E-state index in [9.17, 15) is 4.79 Å². The molecule has 1 aliphatic rings. The Balaban J connectivity index is 0.000000535. The number of nitrogens with zero attached hydrogens (tertiary/aromatic N) is 2. The van der Waals surface area contributed by atoms with Crippen LogP contribution in [0.3, 0.4) is 0 Å². The Kier molecular flexibility index (Phi) is 5.86. The number of aromatic nitrogens is 3. The van der Waals surface area contributed by atoms with E-state index in [4.69, 9.17) is 20.6 Å². The molecule has 0 amide bonds. The first kappa shape index (κ1) is 20.8. The van der Waals surface area contributed by atoms with Gasteiger partial charge in [0.25, 0.3) is 11.5 Å². The zero-order valence-electron chi connectivity index (χ0n) is 17.5. The first-order chi connectivity index (χ1) is 15.0. The maximum absolute atomic E-state index is 12.9. The SMILES string of the molecule is CC(=O)O.NCCCn1cc(-c2nc3cc4c(cc3[nH]c2=O)CCC4)c2ccccc21. The lowest BCUT2D eigenvalue weighted by molar-refractivity contribution is -0.134. The topological polar surface area (TPSA) is 114 Å². The third-order valence-electron chi connectivity index (χ3n) is 5.55. The van der Waals surface area contributed by atoms with Crippen LogP contribution in [0.4, 0.5) is 0 Å². The fourth-order valence-corrected chi connectivity index (χ4v) is 4.22. The second-order valence-corrected chi connectivity index (χ2v) is 7.82. The molecule has 2 heterocycles. The number of hydrogen-bond acceptors (Lipinski definition) is 4. The summed E-state index contributed by atoms with van der Waals surface area (Å²) < 4.78 is 2.17. The number of fused-ring (bicyclic) bond motifs is 3. The van der Waals surface area contributed by atoms with Gasteiger partial charge in [-0.15, -0.1) is 0 Å². The number of nitrogens with two attached hydrogens (primary N) is 1. The minimum Gasteiger partial charge on any atom is -0.481 e. The number of rotatable bonds is 4. The van der Waals surface area contributed by atoms with Crippen LogP contribution in [0.25, 0.3) is 33.2 Å². The zero-order chi connectivity index (χ0) is 22.0. The average Bonchev–Trinajstić information content (AvgIpc) is 3.34. The summed E-state index contributed by atoms with van der Waals surface area (Å²) >= 11 is 0. The maximum atomic E-state index is 12.9. The van der Waals surface area contributed by atoms with Gasteiger partial charge in [0, 0.05) is 36.1 Å². The van der Waals surface area contributed by atoms with Gasteiger partial charge in [-0.3, -0.25) is 9.59 Å². The number of aryl methyl sites for hydroxylation is 3. The number of aromatic amines is 1. The number of para-hydroxylation sites is 1. The minimum atomic E-state index is -0.833. The third kappa shape index (κ3) is 4.22. The molecule has 160 valence electrons. The summed E-state index contributed by atoms with van der Waals surface area (Å²) in [5.41, 5.74) is 12.4. The van der Waals surface area contributed by atoms with E-state index >= 15 is 0 Å². The van der Waals surface area contributed by atoms with Crippen molar-refractivity contribution in [2.75, 3.05) is 6.54 Å². The Labute approximate surface area is 179 Å². The Morgan fingerprint density at radius 2 is 1.94 bits per heavy atom. The number of hydrogen-bond donors (Lipinski definition) is 3. The molecule has 7 nitrogen and oxygen atoms in total. The molecule has 0 spiro atoms. The predicted octanol–water partition coefficient (Wildman–Crippen LogP) is 3.47. The number of benzene rings is 2. The summed E-state index contributed by atoms with van der Waals surface area (Å²) in [6.45, 7) is 2.55. The van der Waals surface area contributed by atoms with Gasteiger partial charge in [-0.05, 0) is 61.6 Å². The molecular weight excluding hydrogens is 392 g/mol. The zero-order valence-corrected chi connectivity index (χ0v) is 17.5. The Hall–Kier alpha value is -3.45. The summed E-state index contributed by atoms with van der Waals surface area (Å²) in [7, 11) is 0. The van der Waals surface area contributed by atoms with Crippen LogP contribution >= 0.6 is 0 Å². The van der Waals surface area contributed by atoms with Crippen molar-refractivity contribution >= 4 is 27.9 Å². The number of carbonyl (C=O) groups is 1. The number of carboxylic acids is 1. The van der Waals surface area contributed by atoms with E-state index in [1.165, 1.54) is 17.5 Å². The van der Waals surface area contributed by atoms with Crippen LogP contribution in [0.2, 0.25) is 0 Å². The van der Waals surface area contributed by atoms with Crippen LogP contribution in [0.15, 0.2) is 47.4 Å². The van der Waals surface area contributed by atoms with Crippen LogP contribution < -0.4 is 11.3 Å². The van der Waals surface area contributed by atoms with Crippen molar-refractivity contribution in [3.05, 3.63) is 64.1 Å². The highest BCUT2D eigenvalue weighted by atomic mass is 16.4. The molecule has 0 fully saturated rings. The molecule has 7 heteroatoms. The summed E-state index contributed by atoms with van der Waals surface area (Å²) in [6, 6.07) is 12.4. The summed E-state index contributed by atoms with van der Waals surface area (Å²) in [5, 5.41) is 8.47. The molecule has 0 unspecified atom stereocenters. The molecular formula is C24H26N4O3. The summed E-state index contributed by atoms with van der Waals surface area (Å²) in [4.78, 5) is 29.7. The van der Waals surface area contributed by atoms with Gasteiger partial charge in [-0.25, -0.2) is 4.98 Å². The molecule has 1 aliphatic carbocycles. The van der Waals surface area contributed by atoms with E-state index in [-0.39, 0.29) is 5.56 Å². The molecule has 0 saturated heterocycles. The second-order valence-electron chi connectivity index (χ2n) is 7.82. The van der Waals surface area contributed by atoms with E-state index in [0.29, 0.717) is 12.2 Å². The molecule has 0 aliphatic heterocycles. The smallest absolute Gasteiger partial charge is 0.300 e. The first-order valence-electron chi connectivity index (χ1n) is 10.5. The van der Waals surface area contributed by atoms with Crippen LogP contribution in [0.5, 0.6) is 0 Å². The lowest BCUT2D eigenvalue weighted by Gasteiger charge is -2.05. The van der Waals surface area contributed by atoms with E-state index in [1.807, 2.05) is 18.3 Å². The lowest BCUT2D eigenvalue weighted by Crippen LogP contribution is -2.11. The number of carboxylic acid groups (broad SMARTS) is 1. The number of nitrogens with one attached hydrogen (secondary N) is 1. The van der Waals surface area contributed by atoms with Gasteiger partial charge in [-0.2, -0.15) is 0 Å². The van der Waals surface area contributed by atoms with Crippen molar-refractivity contribution in [2.24, 2.45) is 5.73 Å². The molecule has 4 aromatic rings. The molecule has 0 radical (unpaired) electrons. The Morgan fingerprint density at radius 3 is 2.68 bits per heavy atom. The van der Waals surface area contributed by atoms with E-state index in [0.717, 1.165) is 60.2 Å². The molecule has 4 N–H and O–H groups in total. The summed E-state index contributed by atoms with van der Waals surface area (Å²) in [6.07, 6.45) is 6.30. The average molecular weight is 418 g/mol. The molecule has 2 aromatic heterocycles. The molecule has 0 bridgehead atoms. The van der Waals surface area contributed by atoms with Crippen molar-refractivity contribution in [1.29, 1.82) is 0 Å². The van der Waals surface area contributed by atoms with E-state index in [2.05, 4.69) is 33.8 Å². The third-order valence-corrected chi connectivity index (χ3v) is 5.55. The predicted molar refractivity (Wildman–Crippen MR) is 122 cm³/mol. The normalized spacial score (nSPS) is 12.6. The van der Waals surface area contributed by atoms with E-state index < -0.39 is 5.97 Å². The molecule has 0 atom stereocenters. The van der Waals surface area contributed by atoms with Crippen LogP contribution in [-0.2, 0) is 24.2 Å². The van der Waals surface area contributed by atoms with Crippen LogP contribution in [0, 0.1) is 0 Å². The maximum Gasteiger partial charge on any atom is 0.300 e. The van der Waals surface area contributed by atoms with Gasteiger partial charge in [0.05, 0.1) is 11.0 Å². The molecule has 31 heavy (non-hydrogen) atoms. The van der Waals surface area contributed by atoms with E-state index in [1.54, 1.807) is 0 Å². The second kappa shape index (κ2) is 8.73. The van der Waals surface area contributed by atoms with Crippen LogP contribution in [-0.4, -0.2) is 32.2 Å². The molecule has 2 aromatic carbocycles. The highest BCUT2D eigenvalue weighted by Crippen LogP contribution is 2.30. The van der Waals surface area contributed by atoms with Crippen LogP contribution in [0.1, 0.15) is 30.9 Å². The van der Waals surface area contributed by atoms with Gasteiger partial charge in [-0.1, -0.05) is 18.2 Å². The van der Waals surface area contributed by atoms with Crippen molar-refractivity contribution in [3.63, 3.8) is 0 Å². The standard InChI is InChI=1S/C22H22N4O.C2H4O2/c23-9-4-10-26-13-17(16-7-1-2-8-20(16)26)21-22(27)25-19-12-15-6-3-5-14(15)11-18(19)24-21;1-2(3)4/h1-2,7-8,11-13H,3-6,9-10,23H2,(H,25,27);1H3,(H,3,4). The Morgan fingerprint density at radius 1 is 1.23 bits per heavy atom. The number of aliphatic carboxylic acids is 1. The highest BCUT2D eigenvalue weighted by molar-refractivity contribution is 5.96. The van der Waals surface area contributed by atoms with Crippen molar-refractivity contribution in [3.8, 4) is 11.3 Å². The molecule has 5 rings (SSSR count). The van der Waals surface area contributed by atoms with Gasteiger partial charge < -0.3 is 20.4 Å². The monoisotopic (exact) mass is 418 g/mol. The fourth-order valence-electron chi connectivity index (χ4n) is 4.22. The quantitative estimate of drug-likeness (QED) is 0.469. The first-order valence-corrected chi connectivity index (χ1v) is 10.5. The van der Waals surface area contributed by atoms with Crippen molar-refractivity contribution < 1.29 is 9.90 Å². The minimum absolute atomic E-state index is 0.137. The van der Waals surface area contributed by atoms with Crippen molar-refractivity contribution in [2.45, 2.75) is 39.2 Å². The van der Waals surface area contributed by atoms with Gasteiger partial charge >= 0.3 is 0 Å².